The first kappa shape index (κ1) is 11.4. The van der Waals surface area contributed by atoms with Crippen LogP contribution in [0.4, 0.5) is 10.2 Å². The number of hydrogen-bond acceptors (Lipinski definition) is 4. The van der Waals surface area contributed by atoms with Crippen molar-refractivity contribution < 1.29 is 4.39 Å². The minimum Gasteiger partial charge on any atom is -0.382 e. The van der Waals surface area contributed by atoms with Gasteiger partial charge in [0.15, 0.2) is 5.82 Å². The fourth-order valence-electron chi connectivity index (χ4n) is 2.22. The number of fused-ring (bicyclic) bond motifs is 2. The smallest absolute Gasteiger partial charge is 0.153 e. The van der Waals surface area contributed by atoms with E-state index < -0.39 is 0 Å². The summed E-state index contributed by atoms with van der Waals surface area (Å²) in [6, 6.07) is 10.8. The zero-order valence-electron chi connectivity index (χ0n) is 10.2. The predicted octanol–water partition coefficient (Wildman–Crippen LogP) is 3.33. The summed E-state index contributed by atoms with van der Waals surface area (Å²) < 4.78 is 16.1. The Morgan fingerprint density at radius 1 is 1.10 bits per heavy atom. The van der Waals surface area contributed by atoms with E-state index in [-0.39, 0.29) is 5.82 Å². The van der Waals surface area contributed by atoms with Gasteiger partial charge < -0.3 is 5.73 Å². The van der Waals surface area contributed by atoms with Crippen LogP contribution >= 0.6 is 11.3 Å². The van der Waals surface area contributed by atoms with Gasteiger partial charge in [-0.2, -0.15) is 0 Å². The predicted molar refractivity (Wildman–Crippen MR) is 78.2 cm³/mol. The van der Waals surface area contributed by atoms with Gasteiger partial charge >= 0.3 is 0 Å². The Bertz CT molecular complexity index is 908. The Kier molecular flexibility index (Phi) is 2.28. The summed E-state index contributed by atoms with van der Waals surface area (Å²) in [5.41, 5.74) is 8.12. The minimum absolute atomic E-state index is 0.336. The number of aromatic nitrogens is 3. The van der Waals surface area contributed by atoms with Gasteiger partial charge in [0.2, 0.25) is 0 Å². The van der Waals surface area contributed by atoms with Crippen LogP contribution in [-0.2, 0) is 0 Å². The van der Waals surface area contributed by atoms with Crippen LogP contribution in [0.1, 0.15) is 0 Å². The number of halogens is 1. The molecule has 4 rings (SSSR count). The summed E-state index contributed by atoms with van der Waals surface area (Å²) in [5.74, 6) is 0.0203. The number of nitrogens with two attached hydrogens (primary N) is 1. The average molecular weight is 284 g/mol. The van der Waals surface area contributed by atoms with E-state index in [0.717, 1.165) is 15.2 Å². The maximum Gasteiger partial charge on any atom is 0.153 e. The van der Waals surface area contributed by atoms with Gasteiger partial charge in [-0.1, -0.05) is 12.1 Å². The molecule has 0 aliphatic heterocycles. The molecule has 6 heteroatoms. The third-order valence-corrected chi connectivity index (χ3v) is 4.15. The zero-order valence-corrected chi connectivity index (χ0v) is 11.1. The van der Waals surface area contributed by atoms with E-state index in [1.54, 1.807) is 10.5 Å². The van der Waals surface area contributed by atoms with Crippen molar-refractivity contribution in [3.8, 4) is 10.7 Å². The molecule has 0 saturated carbocycles. The second kappa shape index (κ2) is 4.01. The highest BCUT2D eigenvalue weighted by Gasteiger charge is 2.16. The molecule has 4 nitrogen and oxygen atoms in total. The molecular formula is C14H9FN4S. The molecule has 0 aliphatic rings. The highest BCUT2D eigenvalue weighted by molar-refractivity contribution is 7.21. The van der Waals surface area contributed by atoms with Crippen molar-refractivity contribution >= 4 is 33.0 Å². The van der Waals surface area contributed by atoms with Gasteiger partial charge in [0.25, 0.3) is 0 Å². The molecule has 0 atom stereocenters. The van der Waals surface area contributed by atoms with Gasteiger partial charge in [-0.15, -0.1) is 11.3 Å². The Balaban J connectivity index is 2.05. The molecule has 0 radical (unpaired) electrons. The number of imidazole rings is 1. The van der Waals surface area contributed by atoms with Gasteiger partial charge in [-0.05, 0) is 24.3 Å². The molecule has 0 aliphatic carbocycles. The Hall–Kier alpha value is -2.47. The zero-order chi connectivity index (χ0) is 13.7. The average Bonchev–Trinajstić information content (AvgIpc) is 2.97. The number of para-hydroxylation sites is 1. The summed E-state index contributed by atoms with van der Waals surface area (Å²) >= 11 is 1.52. The lowest BCUT2D eigenvalue weighted by Crippen LogP contribution is -1.92. The summed E-state index contributed by atoms with van der Waals surface area (Å²) in [6.45, 7) is 0. The SMILES string of the molecule is Nc1nc2ccc(F)cn2c1-c1nc2ccccc2s1. The van der Waals surface area contributed by atoms with Crippen molar-refractivity contribution in [2.45, 2.75) is 0 Å². The van der Waals surface area contributed by atoms with E-state index in [4.69, 9.17) is 5.73 Å². The monoisotopic (exact) mass is 284 g/mol. The number of anilines is 1. The molecule has 0 fully saturated rings. The molecular weight excluding hydrogens is 275 g/mol. The van der Waals surface area contributed by atoms with Crippen molar-refractivity contribution in [1.29, 1.82) is 0 Å². The lowest BCUT2D eigenvalue weighted by atomic mass is 10.3. The third-order valence-electron chi connectivity index (χ3n) is 3.11. The molecule has 3 heterocycles. The van der Waals surface area contributed by atoms with E-state index >= 15 is 0 Å². The first-order valence-electron chi connectivity index (χ1n) is 6.01. The molecule has 3 aromatic heterocycles. The third kappa shape index (κ3) is 1.58. The number of nitrogens with zero attached hydrogens (tertiary/aromatic N) is 3. The molecule has 20 heavy (non-hydrogen) atoms. The fourth-order valence-corrected chi connectivity index (χ4v) is 3.24. The number of benzene rings is 1. The lowest BCUT2D eigenvalue weighted by Gasteiger charge is -1.98. The van der Waals surface area contributed by atoms with Crippen molar-refractivity contribution in [3.05, 3.63) is 48.4 Å². The number of thiazole rings is 1. The van der Waals surface area contributed by atoms with Gasteiger partial charge in [0.05, 0.1) is 10.2 Å². The first-order chi connectivity index (χ1) is 9.72. The molecule has 0 unspecified atom stereocenters. The van der Waals surface area contributed by atoms with E-state index in [2.05, 4.69) is 9.97 Å². The first-order valence-corrected chi connectivity index (χ1v) is 6.83. The second-order valence-corrected chi connectivity index (χ2v) is 5.44. The summed E-state index contributed by atoms with van der Waals surface area (Å²) in [7, 11) is 0. The molecule has 4 aromatic rings. The molecule has 0 saturated heterocycles. The van der Waals surface area contributed by atoms with Crippen LogP contribution in [0.5, 0.6) is 0 Å². The molecule has 0 bridgehead atoms. The maximum absolute atomic E-state index is 13.4. The van der Waals surface area contributed by atoms with Crippen LogP contribution in [0.15, 0.2) is 42.6 Å². The van der Waals surface area contributed by atoms with Crippen molar-refractivity contribution in [2.24, 2.45) is 0 Å². The quantitative estimate of drug-likeness (QED) is 0.583. The summed E-state index contributed by atoms with van der Waals surface area (Å²) in [5, 5.41) is 0.738. The largest absolute Gasteiger partial charge is 0.382 e. The summed E-state index contributed by atoms with van der Waals surface area (Å²) in [4.78, 5) is 8.79. The minimum atomic E-state index is -0.336. The van der Waals surface area contributed by atoms with E-state index in [0.29, 0.717) is 17.2 Å². The Morgan fingerprint density at radius 2 is 1.95 bits per heavy atom. The molecule has 0 amide bonds. The van der Waals surface area contributed by atoms with E-state index in [1.165, 1.54) is 23.6 Å². The highest BCUT2D eigenvalue weighted by Crippen LogP contribution is 2.33. The maximum atomic E-state index is 13.4. The van der Waals surface area contributed by atoms with E-state index in [1.807, 2.05) is 24.3 Å². The van der Waals surface area contributed by atoms with Crippen LogP contribution in [-0.4, -0.2) is 14.4 Å². The Labute approximate surface area is 117 Å². The van der Waals surface area contributed by atoms with Crippen molar-refractivity contribution in [2.75, 3.05) is 5.73 Å². The molecule has 1 aromatic carbocycles. The van der Waals surface area contributed by atoms with Gasteiger partial charge in [-0.3, -0.25) is 4.40 Å². The normalized spacial score (nSPS) is 11.4. The molecule has 98 valence electrons. The number of rotatable bonds is 1. The van der Waals surface area contributed by atoms with Crippen LogP contribution in [0, 0.1) is 5.82 Å². The van der Waals surface area contributed by atoms with Crippen LogP contribution in [0.2, 0.25) is 0 Å². The van der Waals surface area contributed by atoms with E-state index in [9.17, 15) is 4.39 Å². The lowest BCUT2D eigenvalue weighted by molar-refractivity contribution is 0.619. The number of pyridine rings is 1. The van der Waals surface area contributed by atoms with Crippen LogP contribution in [0.25, 0.3) is 26.6 Å². The molecule has 0 spiro atoms. The fraction of sp³-hybridized carbons (Fsp3) is 0. The van der Waals surface area contributed by atoms with Crippen molar-refractivity contribution in [3.63, 3.8) is 0 Å². The topological polar surface area (TPSA) is 56.2 Å². The summed E-state index contributed by atoms with van der Waals surface area (Å²) in [6.07, 6.45) is 1.38. The highest BCUT2D eigenvalue weighted by atomic mass is 32.1. The van der Waals surface area contributed by atoms with Crippen LogP contribution in [0.3, 0.4) is 0 Å². The van der Waals surface area contributed by atoms with Crippen LogP contribution < -0.4 is 5.73 Å². The van der Waals surface area contributed by atoms with Gasteiger partial charge in [-0.25, -0.2) is 14.4 Å². The number of hydrogen-bond donors (Lipinski definition) is 1. The Morgan fingerprint density at radius 3 is 2.80 bits per heavy atom. The van der Waals surface area contributed by atoms with Crippen molar-refractivity contribution in [1.82, 2.24) is 14.4 Å². The molecule has 2 N–H and O–H groups in total. The second-order valence-electron chi connectivity index (χ2n) is 4.41. The number of nitrogen functional groups attached to an aromatic ring is 1. The van der Waals surface area contributed by atoms with Gasteiger partial charge in [0.1, 0.15) is 22.2 Å². The standard InChI is InChI=1S/C14H9FN4S/c15-8-5-6-11-18-13(16)12(19(11)7-8)14-17-9-3-1-2-4-10(9)20-14/h1-7H,16H2. The van der Waals surface area contributed by atoms with Gasteiger partial charge in [0, 0.05) is 6.20 Å².